The molecule has 1 rings (SSSR count). The molecule has 16 heavy (non-hydrogen) atoms. The molecule has 0 spiro atoms. The van der Waals surface area contributed by atoms with Gasteiger partial charge in [0, 0.05) is 6.92 Å². The third-order valence-electron chi connectivity index (χ3n) is 2.01. The third kappa shape index (κ3) is 3.51. The summed E-state index contributed by atoms with van der Waals surface area (Å²) in [6.07, 6.45) is 0.863. The Labute approximate surface area is 99.7 Å². The summed E-state index contributed by atoms with van der Waals surface area (Å²) in [6, 6.07) is 5.23. The number of aryl methyl sites for hydroxylation is 1. The summed E-state index contributed by atoms with van der Waals surface area (Å²) >= 11 is 4.90. The number of benzene rings is 1. The highest BCUT2D eigenvalue weighted by atomic mass is 32.1. The van der Waals surface area contributed by atoms with Gasteiger partial charge in [0.2, 0.25) is 5.91 Å². The maximum atomic E-state index is 10.8. The van der Waals surface area contributed by atoms with E-state index < -0.39 is 0 Å². The molecule has 0 fully saturated rings. The first-order chi connectivity index (χ1) is 7.52. The Morgan fingerprint density at radius 1 is 1.50 bits per heavy atom. The number of nitrogens with one attached hydrogen (secondary N) is 2. The van der Waals surface area contributed by atoms with Crippen LogP contribution in [0.15, 0.2) is 18.2 Å². The fraction of sp³-hybridized carbons (Fsp3) is 0.273. The van der Waals surface area contributed by atoms with Crippen LogP contribution in [0.5, 0.6) is 5.75 Å². The van der Waals surface area contributed by atoms with Gasteiger partial charge in [-0.15, -0.1) is 0 Å². The molecule has 0 saturated heterocycles. The van der Waals surface area contributed by atoms with Crippen molar-refractivity contribution in [2.45, 2.75) is 20.3 Å². The molecule has 0 aliphatic rings. The molecule has 0 bridgehead atoms. The first-order valence-corrected chi connectivity index (χ1v) is 5.34. The maximum Gasteiger partial charge on any atom is 0.222 e. The molecule has 1 aromatic rings. The van der Waals surface area contributed by atoms with Crippen LogP contribution in [0.1, 0.15) is 19.4 Å². The Balaban J connectivity index is 2.79. The monoisotopic (exact) mass is 238 g/mol. The van der Waals surface area contributed by atoms with E-state index in [1.807, 2.05) is 13.0 Å². The maximum absolute atomic E-state index is 10.8. The number of hydrogen-bond donors (Lipinski definition) is 3. The van der Waals surface area contributed by atoms with Gasteiger partial charge in [-0.1, -0.05) is 13.0 Å². The minimum Gasteiger partial charge on any atom is -0.506 e. The van der Waals surface area contributed by atoms with Crippen LogP contribution in [-0.2, 0) is 11.2 Å². The number of aromatic hydroxyl groups is 1. The highest BCUT2D eigenvalue weighted by Gasteiger charge is 2.05. The molecule has 4 nitrogen and oxygen atoms in total. The third-order valence-corrected chi connectivity index (χ3v) is 2.21. The number of carbonyl (C=O) groups excluding carboxylic acids is 1. The van der Waals surface area contributed by atoms with Gasteiger partial charge in [-0.25, -0.2) is 0 Å². The SMILES string of the molecule is CCc1ccc(O)c(NC(=S)NC(C)=O)c1. The molecule has 5 heteroatoms. The van der Waals surface area contributed by atoms with Crippen molar-refractivity contribution in [3.63, 3.8) is 0 Å². The summed E-state index contributed by atoms with van der Waals surface area (Å²) in [6.45, 7) is 3.39. The highest BCUT2D eigenvalue weighted by Crippen LogP contribution is 2.24. The molecule has 3 N–H and O–H groups in total. The molecule has 0 unspecified atom stereocenters. The fourth-order valence-electron chi connectivity index (χ4n) is 1.22. The number of anilines is 1. The number of rotatable bonds is 2. The van der Waals surface area contributed by atoms with E-state index in [2.05, 4.69) is 10.6 Å². The van der Waals surface area contributed by atoms with E-state index in [4.69, 9.17) is 12.2 Å². The van der Waals surface area contributed by atoms with Crippen LogP contribution in [0.3, 0.4) is 0 Å². The van der Waals surface area contributed by atoms with Crippen LogP contribution >= 0.6 is 12.2 Å². The van der Waals surface area contributed by atoms with E-state index in [0.717, 1.165) is 12.0 Å². The number of phenols is 1. The lowest BCUT2D eigenvalue weighted by molar-refractivity contribution is -0.117. The Morgan fingerprint density at radius 3 is 2.75 bits per heavy atom. The average Bonchev–Trinajstić information content (AvgIpc) is 2.20. The number of carbonyl (C=O) groups is 1. The van der Waals surface area contributed by atoms with E-state index in [0.29, 0.717) is 5.69 Å². The zero-order valence-corrected chi connectivity index (χ0v) is 10.0. The lowest BCUT2D eigenvalue weighted by Crippen LogP contribution is -2.32. The average molecular weight is 238 g/mol. The normalized spacial score (nSPS) is 9.62. The molecule has 0 aromatic heterocycles. The Morgan fingerprint density at radius 2 is 2.19 bits per heavy atom. The van der Waals surface area contributed by atoms with Crippen LogP contribution in [0.4, 0.5) is 5.69 Å². The second-order valence-electron chi connectivity index (χ2n) is 3.34. The van der Waals surface area contributed by atoms with Crippen LogP contribution in [0.25, 0.3) is 0 Å². The minimum absolute atomic E-state index is 0.102. The number of hydrogen-bond acceptors (Lipinski definition) is 3. The summed E-state index contributed by atoms with van der Waals surface area (Å²) in [5, 5.41) is 14.9. The van der Waals surface area contributed by atoms with Crippen molar-refractivity contribution in [3.8, 4) is 5.75 Å². The van der Waals surface area contributed by atoms with Crippen LogP contribution in [0, 0.1) is 0 Å². The molecule has 1 amide bonds. The van der Waals surface area contributed by atoms with Crippen molar-refractivity contribution in [1.82, 2.24) is 5.32 Å². The summed E-state index contributed by atoms with van der Waals surface area (Å²) < 4.78 is 0. The van der Waals surface area contributed by atoms with Crippen molar-refractivity contribution >= 4 is 28.9 Å². The smallest absolute Gasteiger partial charge is 0.222 e. The molecule has 0 aliphatic heterocycles. The van der Waals surface area contributed by atoms with E-state index in [-0.39, 0.29) is 16.8 Å². The Bertz CT molecular complexity index is 418. The lowest BCUT2D eigenvalue weighted by atomic mass is 10.1. The summed E-state index contributed by atoms with van der Waals surface area (Å²) in [5.41, 5.74) is 1.57. The molecule has 86 valence electrons. The van der Waals surface area contributed by atoms with E-state index in [1.165, 1.54) is 6.92 Å². The molecule has 0 heterocycles. The number of phenolic OH excluding ortho intramolecular Hbond substituents is 1. The molecular formula is C11H14N2O2S. The quantitative estimate of drug-likeness (QED) is 0.543. The number of amides is 1. The first-order valence-electron chi connectivity index (χ1n) is 4.93. The van der Waals surface area contributed by atoms with Crippen molar-refractivity contribution in [1.29, 1.82) is 0 Å². The van der Waals surface area contributed by atoms with Gasteiger partial charge >= 0.3 is 0 Å². The van der Waals surface area contributed by atoms with Gasteiger partial charge in [-0.2, -0.15) is 0 Å². The molecule has 0 atom stereocenters. The standard InChI is InChI=1S/C11H14N2O2S/c1-3-8-4-5-10(15)9(6-8)13-11(16)12-7(2)14/h4-6,15H,3H2,1-2H3,(H2,12,13,14,16). The Hall–Kier alpha value is -1.62. The molecule has 0 aliphatic carbocycles. The second-order valence-corrected chi connectivity index (χ2v) is 3.75. The van der Waals surface area contributed by atoms with Gasteiger partial charge < -0.3 is 15.7 Å². The van der Waals surface area contributed by atoms with Crippen LogP contribution in [0.2, 0.25) is 0 Å². The molecule has 1 aromatic carbocycles. The second kappa shape index (κ2) is 5.46. The van der Waals surface area contributed by atoms with Gasteiger partial charge in [-0.3, -0.25) is 4.79 Å². The summed E-state index contributed by atoms with van der Waals surface area (Å²) in [4.78, 5) is 10.8. The number of thiocarbonyl (C=S) groups is 1. The topological polar surface area (TPSA) is 61.4 Å². The van der Waals surface area contributed by atoms with E-state index >= 15 is 0 Å². The van der Waals surface area contributed by atoms with E-state index in [1.54, 1.807) is 12.1 Å². The van der Waals surface area contributed by atoms with Crippen molar-refractivity contribution in [3.05, 3.63) is 23.8 Å². The summed E-state index contributed by atoms with van der Waals surface area (Å²) in [5.74, 6) is -0.145. The largest absolute Gasteiger partial charge is 0.506 e. The van der Waals surface area contributed by atoms with Crippen molar-refractivity contribution in [2.24, 2.45) is 0 Å². The van der Waals surface area contributed by atoms with E-state index in [9.17, 15) is 9.90 Å². The van der Waals surface area contributed by atoms with Gasteiger partial charge in [0.1, 0.15) is 5.75 Å². The predicted octanol–water partition coefficient (Wildman–Crippen LogP) is 1.79. The molecule has 0 radical (unpaired) electrons. The summed E-state index contributed by atoms with van der Waals surface area (Å²) in [7, 11) is 0. The van der Waals surface area contributed by atoms with Crippen molar-refractivity contribution < 1.29 is 9.90 Å². The van der Waals surface area contributed by atoms with Crippen molar-refractivity contribution in [2.75, 3.05) is 5.32 Å². The van der Waals surface area contributed by atoms with Crippen LogP contribution in [-0.4, -0.2) is 16.1 Å². The van der Waals surface area contributed by atoms with Gasteiger partial charge in [-0.05, 0) is 36.3 Å². The predicted molar refractivity (Wildman–Crippen MR) is 67.5 cm³/mol. The highest BCUT2D eigenvalue weighted by molar-refractivity contribution is 7.80. The minimum atomic E-state index is -0.247. The van der Waals surface area contributed by atoms with Gasteiger partial charge in [0.15, 0.2) is 5.11 Å². The van der Waals surface area contributed by atoms with Gasteiger partial charge in [0.05, 0.1) is 5.69 Å². The first kappa shape index (κ1) is 12.4. The van der Waals surface area contributed by atoms with Gasteiger partial charge in [0.25, 0.3) is 0 Å². The molecular weight excluding hydrogens is 224 g/mol. The van der Waals surface area contributed by atoms with Crippen LogP contribution < -0.4 is 10.6 Å². The zero-order chi connectivity index (χ0) is 12.1. The fourth-order valence-corrected chi connectivity index (χ4v) is 1.47. The Kier molecular flexibility index (Phi) is 4.25. The zero-order valence-electron chi connectivity index (χ0n) is 9.20. The lowest BCUT2D eigenvalue weighted by Gasteiger charge is -2.10. The molecule has 0 saturated carbocycles.